The molecule has 7 nitrogen and oxygen atoms in total. The summed E-state index contributed by atoms with van der Waals surface area (Å²) >= 11 is 0. The van der Waals surface area contributed by atoms with Crippen molar-refractivity contribution in [2.24, 2.45) is 0 Å². The van der Waals surface area contributed by atoms with Crippen LogP contribution >= 0.6 is 0 Å². The van der Waals surface area contributed by atoms with Crippen molar-refractivity contribution in [3.8, 4) is 0 Å². The SMILES string of the molecule is O=C(CCC1CCCCN1)NCCn1cnc(C(=O)O)c1. The first-order valence-electron chi connectivity index (χ1n) is 7.40. The molecule has 1 saturated heterocycles. The van der Waals surface area contributed by atoms with Crippen molar-refractivity contribution in [1.82, 2.24) is 20.2 Å². The Morgan fingerprint density at radius 3 is 3.00 bits per heavy atom. The highest BCUT2D eigenvalue weighted by Gasteiger charge is 2.13. The van der Waals surface area contributed by atoms with E-state index in [0.29, 0.717) is 25.6 Å². The lowest BCUT2D eigenvalue weighted by molar-refractivity contribution is -0.121. The first-order valence-corrected chi connectivity index (χ1v) is 7.40. The van der Waals surface area contributed by atoms with Gasteiger partial charge in [-0.1, -0.05) is 6.42 Å². The number of amides is 1. The summed E-state index contributed by atoms with van der Waals surface area (Å²) in [5, 5.41) is 15.0. The van der Waals surface area contributed by atoms with Crippen LogP contribution in [-0.4, -0.2) is 45.7 Å². The molecule has 0 radical (unpaired) electrons. The Hall–Kier alpha value is -1.89. The Bertz CT molecular complexity index is 480. The van der Waals surface area contributed by atoms with Gasteiger partial charge in [0.2, 0.25) is 5.91 Å². The number of nitrogens with one attached hydrogen (secondary N) is 2. The average Bonchev–Trinajstić information content (AvgIpc) is 2.95. The fraction of sp³-hybridized carbons (Fsp3) is 0.643. The standard InChI is InChI=1S/C14H22N4O3/c19-13(5-4-11-3-1-2-6-15-11)16-7-8-18-9-12(14(20)21)17-10-18/h9-11,15H,1-8H2,(H,16,19)(H,20,21). The molecule has 1 amide bonds. The molecule has 7 heteroatoms. The Morgan fingerprint density at radius 1 is 1.48 bits per heavy atom. The summed E-state index contributed by atoms with van der Waals surface area (Å²) < 4.78 is 1.66. The maximum absolute atomic E-state index is 11.7. The third-order valence-corrected chi connectivity index (χ3v) is 3.68. The normalized spacial score (nSPS) is 18.4. The maximum atomic E-state index is 11.7. The van der Waals surface area contributed by atoms with Gasteiger partial charge in [-0.3, -0.25) is 4.79 Å². The minimum atomic E-state index is -1.04. The second kappa shape index (κ2) is 7.78. The zero-order chi connectivity index (χ0) is 15.1. The zero-order valence-electron chi connectivity index (χ0n) is 12.0. The highest BCUT2D eigenvalue weighted by molar-refractivity contribution is 5.84. The smallest absolute Gasteiger partial charge is 0.356 e. The third-order valence-electron chi connectivity index (χ3n) is 3.68. The fourth-order valence-corrected chi connectivity index (χ4v) is 2.48. The van der Waals surface area contributed by atoms with E-state index in [9.17, 15) is 9.59 Å². The molecule has 1 aromatic heterocycles. The number of carbonyl (C=O) groups is 2. The van der Waals surface area contributed by atoms with Crippen molar-refractivity contribution in [3.05, 3.63) is 18.2 Å². The molecule has 3 N–H and O–H groups in total. The molecular weight excluding hydrogens is 272 g/mol. The molecule has 21 heavy (non-hydrogen) atoms. The summed E-state index contributed by atoms with van der Waals surface area (Å²) in [6.07, 6.45) is 7.95. The van der Waals surface area contributed by atoms with Crippen LogP contribution in [0.4, 0.5) is 0 Å². The number of carboxylic acid groups (broad SMARTS) is 1. The van der Waals surface area contributed by atoms with E-state index in [0.717, 1.165) is 19.4 Å². The van der Waals surface area contributed by atoms with Crippen molar-refractivity contribution >= 4 is 11.9 Å². The number of nitrogens with zero attached hydrogens (tertiary/aromatic N) is 2. The van der Waals surface area contributed by atoms with Crippen LogP contribution in [0.1, 0.15) is 42.6 Å². The van der Waals surface area contributed by atoms with Crippen molar-refractivity contribution in [2.75, 3.05) is 13.1 Å². The van der Waals surface area contributed by atoms with Crippen LogP contribution < -0.4 is 10.6 Å². The Balaban J connectivity index is 1.61. The van der Waals surface area contributed by atoms with Crippen molar-refractivity contribution in [3.63, 3.8) is 0 Å². The number of hydrogen-bond acceptors (Lipinski definition) is 4. The van der Waals surface area contributed by atoms with Gasteiger partial charge in [-0.25, -0.2) is 9.78 Å². The number of rotatable bonds is 7. The Labute approximate surface area is 123 Å². The summed E-state index contributed by atoms with van der Waals surface area (Å²) in [5.74, 6) is -1.00. The number of aromatic carboxylic acids is 1. The number of carbonyl (C=O) groups excluding carboxylic acids is 1. The Kier molecular flexibility index (Phi) is 5.74. The van der Waals surface area contributed by atoms with Crippen LogP contribution in [0.5, 0.6) is 0 Å². The summed E-state index contributed by atoms with van der Waals surface area (Å²) in [6, 6.07) is 0.469. The van der Waals surface area contributed by atoms with E-state index in [2.05, 4.69) is 15.6 Å². The minimum Gasteiger partial charge on any atom is -0.476 e. The molecule has 0 aliphatic carbocycles. The minimum absolute atomic E-state index is 0.0182. The van der Waals surface area contributed by atoms with Crippen LogP contribution in [-0.2, 0) is 11.3 Å². The summed E-state index contributed by atoms with van der Waals surface area (Å²) in [6.45, 7) is 2.05. The monoisotopic (exact) mass is 294 g/mol. The number of imidazole rings is 1. The second-order valence-electron chi connectivity index (χ2n) is 5.34. The van der Waals surface area contributed by atoms with Crippen LogP contribution in [0.15, 0.2) is 12.5 Å². The van der Waals surface area contributed by atoms with Gasteiger partial charge in [-0.05, 0) is 25.8 Å². The predicted molar refractivity (Wildman–Crippen MR) is 77.1 cm³/mol. The summed E-state index contributed by atoms with van der Waals surface area (Å²) in [7, 11) is 0. The zero-order valence-corrected chi connectivity index (χ0v) is 12.0. The molecule has 0 spiro atoms. The lowest BCUT2D eigenvalue weighted by Crippen LogP contribution is -2.35. The highest BCUT2D eigenvalue weighted by atomic mass is 16.4. The van der Waals surface area contributed by atoms with E-state index in [-0.39, 0.29) is 11.6 Å². The first kappa shape index (κ1) is 15.5. The van der Waals surface area contributed by atoms with E-state index < -0.39 is 5.97 Å². The van der Waals surface area contributed by atoms with Gasteiger partial charge in [0.05, 0.1) is 6.33 Å². The predicted octanol–water partition coefficient (Wildman–Crippen LogP) is 0.620. The Morgan fingerprint density at radius 2 is 2.33 bits per heavy atom. The molecule has 2 heterocycles. The van der Waals surface area contributed by atoms with Gasteiger partial charge < -0.3 is 20.3 Å². The van der Waals surface area contributed by atoms with Gasteiger partial charge in [-0.2, -0.15) is 0 Å². The van der Waals surface area contributed by atoms with Crippen LogP contribution in [0.2, 0.25) is 0 Å². The number of piperidine rings is 1. The molecule has 1 atom stereocenters. The molecule has 116 valence electrons. The lowest BCUT2D eigenvalue weighted by Gasteiger charge is -2.23. The van der Waals surface area contributed by atoms with E-state index >= 15 is 0 Å². The molecule has 0 saturated carbocycles. The molecule has 2 rings (SSSR count). The lowest BCUT2D eigenvalue weighted by atomic mass is 10.0. The molecule has 1 fully saturated rings. The average molecular weight is 294 g/mol. The first-order chi connectivity index (χ1) is 10.1. The number of hydrogen-bond donors (Lipinski definition) is 3. The van der Waals surface area contributed by atoms with Gasteiger partial charge in [0.15, 0.2) is 5.69 Å². The van der Waals surface area contributed by atoms with Crippen LogP contribution in [0, 0.1) is 0 Å². The molecule has 0 aromatic carbocycles. The van der Waals surface area contributed by atoms with Gasteiger partial charge in [0.1, 0.15) is 0 Å². The number of carboxylic acids is 1. The largest absolute Gasteiger partial charge is 0.476 e. The quantitative estimate of drug-likeness (QED) is 0.685. The van der Waals surface area contributed by atoms with E-state index in [4.69, 9.17) is 5.11 Å². The van der Waals surface area contributed by atoms with E-state index in [1.165, 1.54) is 25.4 Å². The van der Waals surface area contributed by atoms with Crippen LogP contribution in [0.3, 0.4) is 0 Å². The molecule has 1 aliphatic rings. The van der Waals surface area contributed by atoms with Crippen LogP contribution in [0.25, 0.3) is 0 Å². The van der Waals surface area contributed by atoms with Gasteiger partial charge in [-0.15, -0.1) is 0 Å². The van der Waals surface area contributed by atoms with E-state index in [1.807, 2.05) is 0 Å². The van der Waals surface area contributed by atoms with Gasteiger partial charge in [0.25, 0.3) is 0 Å². The number of aromatic nitrogens is 2. The molecule has 1 aromatic rings. The van der Waals surface area contributed by atoms with E-state index in [1.54, 1.807) is 4.57 Å². The molecule has 0 bridgehead atoms. The van der Waals surface area contributed by atoms with Crippen molar-refractivity contribution in [2.45, 2.75) is 44.7 Å². The molecular formula is C14H22N4O3. The third kappa shape index (κ3) is 5.18. The second-order valence-corrected chi connectivity index (χ2v) is 5.34. The maximum Gasteiger partial charge on any atom is 0.356 e. The summed E-state index contributed by atoms with van der Waals surface area (Å²) in [4.78, 5) is 26.2. The highest BCUT2D eigenvalue weighted by Crippen LogP contribution is 2.11. The van der Waals surface area contributed by atoms with Gasteiger partial charge >= 0.3 is 5.97 Å². The summed E-state index contributed by atoms with van der Waals surface area (Å²) in [5.41, 5.74) is 0.0182. The molecule has 1 aliphatic heterocycles. The fourth-order valence-electron chi connectivity index (χ4n) is 2.48. The van der Waals surface area contributed by atoms with Gasteiger partial charge in [0, 0.05) is 31.7 Å². The van der Waals surface area contributed by atoms with Crippen molar-refractivity contribution < 1.29 is 14.7 Å². The topological polar surface area (TPSA) is 96.3 Å². The molecule has 1 unspecified atom stereocenters. The van der Waals surface area contributed by atoms with Crippen molar-refractivity contribution in [1.29, 1.82) is 0 Å².